The zero-order valence-electron chi connectivity index (χ0n) is 15.0. The summed E-state index contributed by atoms with van der Waals surface area (Å²) in [6, 6.07) is -5.26. The number of carbonyl (C=O) groups is 5. The molecule has 4 atom stereocenters. The van der Waals surface area contributed by atoms with E-state index in [0.29, 0.717) is 6.42 Å². The van der Waals surface area contributed by atoms with Crippen molar-refractivity contribution in [2.75, 3.05) is 19.8 Å². The van der Waals surface area contributed by atoms with Crippen molar-refractivity contribution in [3.63, 3.8) is 0 Å². The molecular weight excluding hydrogens is 378 g/mol. The van der Waals surface area contributed by atoms with Crippen LogP contribution in [0.5, 0.6) is 0 Å². The normalized spacial score (nSPS) is 19.4. The minimum Gasteiger partial charge on any atom is -0.480 e. The molecule has 0 aromatic heterocycles. The van der Waals surface area contributed by atoms with E-state index in [-0.39, 0.29) is 13.0 Å². The van der Waals surface area contributed by atoms with Gasteiger partial charge in [0.25, 0.3) is 0 Å². The van der Waals surface area contributed by atoms with Crippen molar-refractivity contribution in [2.45, 2.75) is 43.4 Å². The Morgan fingerprint density at radius 3 is 2.18 bits per heavy atom. The van der Waals surface area contributed by atoms with Gasteiger partial charge in [0.05, 0.1) is 25.7 Å². The van der Waals surface area contributed by atoms with Gasteiger partial charge in [-0.3, -0.25) is 19.2 Å². The smallest absolute Gasteiger partial charge is 0.328 e. The second kappa shape index (κ2) is 10.5. The molecule has 0 spiro atoms. The van der Waals surface area contributed by atoms with Crippen molar-refractivity contribution in [3.8, 4) is 0 Å². The number of primary amides is 1. The molecule has 0 aromatic rings. The second-order valence-corrected chi connectivity index (χ2v) is 6.29. The van der Waals surface area contributed by atoms with Gasteiger partial charge >= 0.3 is 5.97 Å². The van der Waals surface area contributed by atoms with Crippen molar-refractivity contribution in [3.05, 3.63) is 0 Å². The largest absolute Gasteiger partial charge is 0.480 e. The Balaban J connectivity index is 2.80. The molecule has 1 rings (SSSR count). The molecular formula is C15H25N5O8. The van der Waals surface area contributed by atoms with Crippen molar-refractivity contribution in [2.24, 2.45) is 11.5 Å². The number of carbonyl (C=O) groups excluding carboxylic acids is 4. The summed E-state index contributed by atoms with van der Waals surface area (Å²) >= 11 is 0. The molecule has 1 aliphatic heterocycles. The molecule has 0 radical (unpaired) electrons. The highest BCUT2D eigenvalue weighted by molar-refractivity contribution is 5.95. The summed E-state index contributed by atoms with van der Waals surface area (Å²) in [5.74, 6) is -4.67. The molecule has 4 unspecified atom stereocenters. The van der Waals surface area contributed by atoms with Crippen molar-refractivity contribution < 1.29 is 39.3 Å². The lowest BCUT2D eigenvalue weighted by atomic mass is 10.1. The number of amides is 4. The Labute approximate surface area is 160 Å². The first kappa shape index (κ1) is 23.3. The minimum absolute atomic E-state index is 0.146. The first-order chi connectivity index (χ1) is 13.1. The molecule has 13 nitrogen and oxygen atoms in total. The number of nitrogens with two attached hydrogens (primary N) is 2. The average Bonchev–Trinajstić information content (AvgIpc) is 3.12. The Kier molecular flexibility index (Phi) is 8.76. The monoisotopic (exact) mass is 403 g/mol. The highest BCUT2D eigenvalue weighted by Gasteiger charge is 2.38. The first-order valence-electron chi connectivity index (χ1n) is 8.52. The van der Waals surface area contributed by atoms with Crippen LogP contribution in [0.15, 0.2) is 0 Å². The summed E-state index contributed by atoms with van der Waals surface area (Å²) in [4.78, 5) is 59.7. The third-order valence-electron chi connectivity index (χ3n) is 4.19. The van der Waals surface area contributed by atoms with Crippen molar-refractivity contribution >= 4 is 29.6 Å². The van der Waals surface area contributed by atoms with Gasteiger partial charge in [-0.1, -0.05) is 0 Å². The highest BCUT2D eigenvalue weighted by atomic mass is 16.4. The SMILES string of the molecule is NC(=O)CC(N)C(=O)NC(CO)C(=O)N1CCCC1C(=O)NC(CO)C(=O)O. The van der Waals surface area contributed by atoms with Gasteiger partial charge in [-0.05, 0) is 12.8 Å². The van der Waals surface area contributed by atoms with Crippen LogP contribution in [0.25, 0.3) is 0 Å². The lowest BCUT2D eigenvalue weighted by molar-refractivity contribution is -0.146. The lowest BCUT2D eigenvalue weighted by Gasteiger charge is -2.29. The number of aliphatic hydroxyl groups is 2. The van der Waals surface area contributed by atoms with Crippen LogP contribution in [-0.4, -0.2) is 93.7 Å². The van der Waals surface area contributed by atoms with Crippen molar-refractivity contribution in [1.82, 2.24) is 15.5 Å². The Bertz CT molecular complexity index is 628. The van der Waals surface area contributed by atoms with E-state index in [9.17, 15) is 29.1 Å². The molecule has 1 saturated heterocycles. The van der Waals surface area contributed by atoms with Crippen LogP contribution in [-0.2, 0) is 24.0 Å². The zero-order chi connectivity index (χ0) is 21.4. The lowest BCUT2D eigenvalue weighted by Crippen LogP contribution is -2.58. The molecule has 9 N–H and O–H groups in total. The highest BCUT2D eigenvalue weighted by Crippen LogP contribution is 2.19. The topological polar surface area (TPSA) is 225 Å². The number of carboxylic acid groups (broad SMARTS) is 1. The zero-order valence-corrected chi connectivity index (χ0v) is 15.0. The number of aliphatic carboxylic acids is 1. The van der Waals surface area contributed by atoms with Gasteiger partial charge in [0.15, 0.2) is 0 Å². The third-order valence-corrected chi connectivity index (χ3v) is 4.19. The molecule has 13 heteroatoms. The standard InChI is InChI=1S/C15H25N5O8/c16-7(4-11(17)23)12(24)18-8(5-21)14(26)20-3-1-2-10(20)13(25)19-9(6-22)15(27)28/h7-10,21-22H,1-6,16H2,(H2,17,23)(H,18,24)(H,19,25)(H,27,28). The number of hydrogen-bond acceptors (Lipinski definition) is 8. The predicted octanol–water partition coefficient (Wildman–Crippen LogP) is -4.78. The molecule has 158 valence electrons. The van der Waals surface area contributed by atoms with Gasteiger partial charge in [0, 0.05) is 6.54 Å². The van der Waals surface area contributed by atoms with Crippen LogP contribution < -0.4 is 22.1 Å². The average molecular weight is 403 g/mol. The minimum atomic E-state index is -1.52. The van der Waals surface area contributed by atoms with E-state index in [4.69, 9.17) is 21.7 Å². The van der Waals surface area contributed by atoms with E-state index >= 15 is 0 Å². The number of carboxylic acids is 1. The van der Waals surface area contributed by atoms with E-state index in [1.807, 2.05) is 0 Å². The number of hydrogen-bond donors (Lipinski definition) is 7. The third kappa shape index (κ3) is 6.14. The Morgan fingerprint density at radius 2 is 1.68 bits per heavy atom. The molecule has 0 aromatic carbocycles. The fraction of sp³-hybridized carbons (Fsp3) is 0.667. The maximum absolute atomic E-state index is 12.6. The van der Waals surface area contributed by atoms with E-state index in [0.717, 1.165) is 4.90 Å². The number of nitrogens with zero attached hydrogens (tertiary/aromatic N) is 1. The van der Waals surface area contributed by atoms with Crippen LogP contribution in [0.4, 0.5) is 0 Å². The van der Waals surface area contributed by atoms with Crippen LogP contribution in [0.3, 0.4) is 0 Å². The first-order valence-corrected chi connectivity index (χ1v) is 8.52. The van der Waals surface area contributed by atoms with Gasteiger partial charge < -0.3 is 42.3 Å². The summed E-state index contributed by atoms with van der Waals surface area (Å²) in [5.41, 5.74) is 10.4. The van der Waals surface area contributed by atoms with E-state index in [1.54, 1.807) is 0 Å². The predicted molar refractivity (Wildman–Crippen MR) is 92.2 cm³/mol. The van der Waals surface area contributed by atoms with Gasteiger partial charge in [0.1, 0.15) is 18.1 Å². The molecule has 1 heterocycles. The molecule has 0 bridgehead atoms. The molecule has 4 amide bonds. The van der Waals surface area contributed by atoms with E-state index in [2.05, 4.69) is 10.6 Å². The van der Waals surface area contributed by atoms with Gasteiger partial charge in [-0.25, -0.2) is 4.79 Å². The summed E-state index contributed by atoms with van der Waals surface area (Å²) in [6.45, 7) is -1.46. The molecule has 0 aliphatic carbocycles. The van der Waals surface area contributed by atoms with Crippen LogP contribution in [0.2, 0.25) is 0 Å². The molecule has 28 heavy (non-hydrogen) atoms. The molecule has 1 aliphatic rings. The number of aliphatic hydroxyl groups excluding tert-OH is 2. The second-order valence-electron chi connectivity index (χ2n) is 6.29. The molecule has 0 saturated carbocycles. The van der Waals surface area contributed by atoms with Crippen LogP contribution in [0.1, 0.15) is 19.3 Å². The van der Waals surface area contributed by atoms with Gasteiger partial charge in [-0.2, -0.15) is 0 Å². The fourth-order valence-corrected chi connectivity index (χ4v) is 2.73. The maximum atomic E-state index is 12.6. The number of likely N-dealkylation sites (tertiary alicyclic amines) is 1. The quantitative estimate of drug-likeness (QED) is 0.185. The van der Waals surface area contributed by atoms with E-state index < -0.39 is 73.4 Å². The van der Waals surface area contributed by atoms with Gasteiger partial charge in [-0.15, -0.1) is 0 Å². The van der Waals surface area contributed by atoms with Crippen LogP contribution in [0, 0.1) is 0 Å². The Morgan fingerprint density at radius 1 is 1.07 bits per heavy atom. The summed E-state index contributed by atoms with van der Waals surface area (Å²) in [6.07, 6.45) is 0.223. The summed E-state index contributed by atoms with van der Waals surface area (Å²) in [7, 11) is 0. The van der Waals surface area contributed by atoms with Crippen molar-refractivity contribution in [1.29, 1.82) is 0 Å². The number of nitrogens with one attached hydrogen (secondary N) is 2. The molecule has 1 fully saturated rings. The van der Waals surface area contributed by atoms with E-state index in [1.165, 1.54) is 0 Å². The van der Waals surface area contributed by atoms with Gasteiger partial charge in [0.2, 0.25) is 23.6 Å². The number of rotatable bonds is 10. The Hall–Kier alpha value is -2.77. The summed E-state index contributed by atoms with van der Waals surface area (Å²) in [5, 5.41) is 31.7. The fourth-order valence-electron chi connectivity index (χ4n) is 2.73. The maximum Gasteiger partial charge on any atom is 0.328 e. The van der Waals surface area contributed by atoms with Crippen LogP contribution >= 0.6 is 0 Å². The summed E-state index contributed by atoms with van der Waals surface area (Å²) < 4.78 is 0.